The lowest BCUT2D eigenvalue weighted by molar-refractivity contribution is -0.115. The number of aromatic nitrogens is 1. The quantitative estimate of drug-likeness (QED) is 0.699. The molecule has 0 unspecified atom stereocenters. The summed E-state index contributed by atoms with van der Waals surface area (Å²) in [6.45, 7) is 4.09. The van der Waals surface area contributed by atoms with Crippen LogP contribution in [0.4, 0.5) is 5.69 Å². The molecular weight excluding hydrogens is 435 g/mol. The zero-order valence-corrected chi connectivity index (χ0v) is 18.5. The van der Waals surface area contributed by atoms with Crippen molar-refractivity contribution in [3.8, 4) is 0 Å². The monoisotopic (exact) mass is 456 g/mol. The molecule has 1 N–H and O–H groups in total. The lowest BCUT2D eigenvalue weighted by Gasteiger charge is -2.31. The van der Waals surface area contributed by atoms with Crippen LogP contribution in [0.2, 0.25) is 10.2 Å². The second kappa shape index (κ2) is 8.97. The summed E-state index contributed by atoms with van der Waals surface area (Å²) in [6, 6.07) is 7.77. The number of carbonyl (C=O) groups is 1. The molecule has 0 bridgehead atoms. The first-order valence-electron chi connectivity index (χ1n) is 9.07. The maximum absolute atomic E-state index is 12.8. The number of sulfonamides is 1. The number of nitrogens with zero attached hydrogens (tertiary/aromatic N) is 3. The van der Waals surface area contributed by atoms with Gasteiger partial charge >= 0.3 is 0 Å². The van der Waals surface area contributed by atoms with Crippen LogP contribution >= 0.6 is 23.2 Å². The van der Waals surface area contributed by atoms with Crippen molar-refractivity contribution in [2.45, 2.75) is 18.2 Å². The number of hydrogen-bond acceptors (Lipinski definition) is 5. The maximum Gasteiger partial charge on any atom is 0.243 e. The van der Waals surface area contributed by atoms with Crippen molar-refractivity contribution in [1.29, 1.82) is 0 Å². The van der Waals surface area contributed by atoms with Gasteiger partial charge in [0.1, 0.15) is 5.15 Å². The van der Waals surface area contributed by atoms with Gasteiger partial charge in [0, 0.05) is 48.1 Å². The predicted molar refractivity (Wildman–Crippen MR) is 114 cm³/mol. The molecule has 0 atom stereocenters. The molecule has 1 amide bonds. The van der Waals surface area contributed by atoms with Gasteiger partial charge in [-0.2, -0.15) is 4.31 Å². The Kier molecular flexibility index (Phi) is 6.80. The average Bonchev–Trinajstić information content (AvgIpc) is 2.65. The van der Waals surface area contributed by atoms with Gasteiger partial charge in [0.05, 0.1) is 11.3 Å². The maximum atomic E-state index is 12.8. The highest BCUT2D eigenvalue weighted by Gasteiger charge is 2.27. The van der Waals surface area contributed by atoms with Crippen molar-refractivity contribution in [3.05, 3.63) is 51.8 Å². The normalized spacial score (nSPS) is 16.0. The molecule has 7 nitrogen and oxygen atoms in total. The molecule has 0 aliphatic carbocycles. The van der Waals surface area contributed by atoms with E-state index in [-0.39, 0.29) is 22.4 Å². The fraction of sp³-hybridized carbons (Fsp3) is 0.368. The number of anilines is 1. The summed E-state index contributed by atoms with van der Waals surface area (Å²) >= 11 is 12.2. The Morgan fingerprint density at radius 1 is 1.14 bits per heavy atom. The molecule has 1 saturated heterocycles. The van der Waals surface area contributed by atoms with E-state index in [2.05, 4.69) is 15.2 Å². The third-order valence-corrected chi connectivity index (χ3v) is 7.29. The number of carbonyl (C=O) groups excluding carboxylic acids is 1. The van der Waals surface area contributed by atoms with Crippen molar-refractivity contribution in [3.63, 3.8) is 0 Å². The zero-order chi connectivity index (χ0) is 21.2. The summed E-state index contributed by atoms with van der Waals surface area (Å²) in [6.07, 6.45) is -0.0354. The Morgan fingerprint density at radius 2 is 1.76 bits per heavy atom. The van der Waals surface area contributed by atoms with Crippen LogP contribution in [0.1, 0.15) is 11.3 Å². The van der Waals surface area contributed by atoms with Crippen molar-refractivity contribution in [2.75, 3.05) is 38.5 Å². The molecular formula is C19H22Cl2N4O3S. The Bertz CT molecular complexity index is 982. The largest absolute Gasteiger partial charge is 0.326 e. The zero-order valence-electron chi connectivity index (χ0n) is 16.2. The van der Waals surface area contributed by atoms with E-state index in [0.29, 0.717) is 48.1 Å². The highest BCUT2D eigenvalue weighted by Crippen LogP contribution is 2.25. The van der Waals surface area contributed by atoms with E-state index in [1.54, 1.807) is 25.1 Å². The summed E-state index contributed by atoms with van der Waals surface area (Å²) in [7, 11) is -1.58. The Balaban J connectivity index is 1.67. The molecule has 1 fully saturated rings. The van der Waals surface area contributed by atoms with Crippen LogP contribution in [0.15, 0.2) is 35.2 Å². The minimum atomic E-state index is -3.54. The lowest BCUT2D eigenvalue weighted by atomic mass is 10.2. The number of nitrogens with one attached hydrogen (secondary N) is 1. The van der Waals surface area contributed by atoms with Gasteiger partial charge in [-0.15, -0.1) is 0 Å². The van der Waals surface area contributed by atoms with Gasteiger partial charge in [-0.05, 0) is 44.3 Å². The summed E-state index contributed by atoms with van der Waals surface area (Å²) in [5, 5.41) is 3.30. The van der Waals surface area contributed by atoms with Gasteiger partial charge in [-0.1, -0.05) is 23.2 Å². The molecule has 156 valence electrons. The lowest BCUT2D eigenvalue weighted by Crippen LogP contribution is -2.46. The Labute approximate surface area is 180 Å². The number of likely N-dealkylation sites (N-methyl/N-ethyl adjacent to an activating group) is 1. The number of rotatable bonds is 5. The third-order valence-electron chi connectivity index (χ3n) is 4.72. The van der Waals surface area contributed by atoms with Crippen molar-refractivity contribution < 1.29 is 13.2 Å². The first kappa shape index (κ1) is 22.0. The van der Waals surface area contributed by atoms with E-state index in [0.717, 1.165) is 0 Å². The number of piperazine rings is 1. The van der Waals surface area contributed by atoms with E-state index in [1.807, 2.05) is 7.05 Å². The molecule has 2 aromatic rings. The van der Waals surface area contributed by atoms with Gasteiger partial charge < -0.3 is 10.2 Å². The topological polar surface area (TPSA) is 82.6 Å². The first-order chi connectivity index (χ1) is 13.7. The van der Waals surface area contributed by atoms with Crippen LogP contribution in [0.3, 0.4) is 0 Å². The predicted octanol–water partition coefficient (Wildman–Crippen LogP) is 2.81. The molecule has 1 aliphatic heterocycles. The molecule has 29 heavy (non-hydrogen) atoms. The van der Waals surface area contributed by atoms with Gasteiger partial charge in [0.25, 0.3) is 0 Å². The molecule has 1 aliphatic rings. The third kappa shape index (κ3) is 5.26. The van der Waals surface area contributed by atoms with Gasteiger partial charge in [0.2, 0.25) is 15.9 Å². The second-order valence-electron chi connectivity index (χ2n) is 6.97. The number of benzene rings is 1. The minimum absolute atomic E-state index is 0.0354. The SMILES string of the molecule is Cc1cc(Cl)c(CC(=O)Nc2ccc(S(=O)(=O)N3CCN(C)CC3)cc2)c(Cl)n1. The molecule has 0 spiro atoms. The highest BCUT2D eigenvalue weighted by atomic mass is 35.5. The van der Waals surface area contributed by atoms with Crippen LogP contribution < -0.4 is 5.32 Å². The summed E-state index contributed by atoms with van der Waals surface area (Å²) < 4.78 is 27.0. The van der Waals surface area contributed by atoms with Gasteiger partial charge in [0.15, 0.2) is 0 Å². The van der Waals surface area contributed by atoms with E-state index in [4.69, 9.17) is 23.2 Å². The van der Waals surface area contributed by atoms with E-state index in [1.165, 1.54) is 16.4 Å². The Morgan fingerprint density at radius 3 is 2.34 bits per heavy atom. The highest BCUT2D eigenvalue weighted by molar-refractivity contribution is 7.89. The average molecular weight is 457 g/mol. The van der Waals surface area contributed by atoms with Crippen LogP contribution in [0.25, 0.3) is 0 Å². The van der Waals surface area contributed by atoms with E-state index in [9.17, 15) is 13.2 Å². The molecule has 0 saturated carbocycles. The number of halogens is 2. The smallest absolute Gasteiger partial charge is 0.243 e. The van der Waals surface area contributed by atoms with Gasteiger partial charge in [-0.25, -0.2) is 13.4 Å². The Hall–Kier alpha value is -1.71. The fourth-order valence-corrected chi connectivity index (χ4v) is 5.12. The molecule has 1 aromatic heterocycles. The van der Waals surface area contributed by atoms with Crippen molar-refractivity contribution in [2.24, 2.45) is 0 Å². The van der Waals surface area contributed by atoms with Gasteiger partial charge in [-0.3, -0.25) is 4.79 Å². The minimum Gasteiger partial charge on any atom is -0.326 e. The van der Waals surface area contributed by atoms with E-state index < -0.39 is 10.0 Å². The summed E-state index contributed by atoms with van der Waals surface area (Å²) in [4.78, 5) is 18.7. The number of pyridine rings is 1. The number of aryl methyl sites for hydroxylation is 1. The second-order valence-corrected chi connectivity index (χ2v) is 9.67. The van der Waals surface area contributed by atoms with Crippen LogP contribution in [0, 0.1) is 6.92 Å². The molecule has 1 aromatic carbocycles. The molecule has 3 rings (SSSR count). The standard InChI is InChI=1S/C19H22Cl2N4O3S/c1-13-11-17(20)16(19(21)22-13)12-18(26)23-14-3-5-15(6-4-14)29(27,28)25-9-7-24(2)8-10-25/h3-6,11H,7-10,12H2,1-2H3,(H,23,26). The van der Waals surface area contributed by atoms with Crippen LogP contribution in [0.5, 0.6) is 0 Å². The molecule has 0 radical (unpaired) electrons. The molecule has 10 heteroatoms. The number of amides is 1. The summed E-state index contributed by atoms with van der Waals surface area (Å²) in [5.74, 6) is -0.325. The van der Waals surface area contributed by atoms with Crippen LogP contribution in [-0.4, -0.2) is 61.7 Å². The van der Waals surface area contributed by atoms with Crippen LogP contribution in [-0.2, 0) is 21.2 Å². The van der Waals surface area contributed by atoms with E-state index >= 15 is 0 Å². The van der Waals surface area contributed by atoms with Crippen molar-refractivity contribution in [1.82, 2.24) is 14.2 Å². The molecule has 2 heterocycles. The summed E-state index contributed by atoms with van der Waals surface area (Å²) in [5.41, 5.74) is 1.60. The fourth-order valence-electron chi connectivity index (χ4n) is 3.03. The number of hydrogen-bond donors (Lipinski definition) is 1. The van der Waals surface area contributed by atoms with Crippen molar-refractivity contribution >= 4 is 44.8 Å². The first-order valence-corrected chi connectivity index (χ1v) is 11.3.